The highest BCUT2D eigenvalue weighted by Gasteiger charge is 2.17. The fourth-order valence-corrected chi connectivity index (χ4v) is 2.18. The molecule has 3 N–H and O–H groups in total. The lowest BCUT2D eigenvalue weighted by atomic mass is 9.90. The number of aryl methyl sites for hydroxylation is 1. The number of rotatable bonds is 5. The van der Waals surface area contributed by atoms with Crippen LogP contribution in [0.25, 0.3) is 10.9 Å². The third-order valence-corrected chi connectivity index (χ3v) is 3.75. The summed E-state index contributed by atoms with van der Waals surface area (Å²) in [5.41, 5.74) is 1.68. The fraction of sp³-hybridized carbons (Fsp3) is 0.412. The molecule has 118 valence electrons. The number of phenolic OH excluding ortho intramolecular Hbond substituents is 1. The third kappa shape index (κ3) is 3.74. The number of carbonyl (C=O) groups excluding carboxylic acids is 1. The summed E-state index contributed by atoms with van der Waals surface area (Å²) in [5, 5.41) is 22.3. The van der Waals surface area contributed by atoms with E-state index < -0.39 is 0 Å². The van der Waals surface area contributed by atoms with Gasteiger partial charge >= 0.3 is 0 Å². The molecule has 5 nitrogen and oxygen atoms in total. The van der Waals surface area contributed by atoms with Gasteiger partial charge in [-0.1, -0.05) is 13.8 Å². The van der Waals surface area contributed by atoms with Crippen LogP contribution in [0.3, 0.4) is 0 Å². The van der Waals surface area contributed by atoms with E-state index in [9.17, 15) is 15.0 Å². The molecular formula is C17H22N2O3. The quantitative estimate of drug-likeness (QED) is 0.792. The Morgan fingerprint density at radius 2 is 2.05 bits per heavy atom. The van der Waals surface area contributed by atoms with Crippen molar-refractivity contribution in [1.82, 2.24) is 10.3 Å². The van der Waals surface area contributed by atoms with Crippen LogP contribution < -0.4 is 5.32 Å². The van der Waals surface area contributed by atoms with Gasteiger partial charge in [0.1, 0.15) is 5.75 Å². The van der Waals surface area contributed by atoms with E-state index in [-0.39, 0.29) is 23.7 Å². The zero-order valence-corrected chi connectivity index (χ0v) is 13.2. The molecule has 1 aromatic carbocycles. The summed E-state index contributed by atoms with van der Waals surface area (Å²) in [6.45, 7) is 6.26. The predicted molar refractivity (Wildman–Crippen MR) is 86.0 cm³/mol. The largest absolute Gasteiger partial charge is 0.508 e. The first-order chi connectivity index (χ1) is 10.3. The Labute approximate surface area is 130 Å². The number of benzene rings is 1. The van der Waals surface area contributed by atoms with Crippen LogP contribution in [0, 0.1) is 12.3 Å². The molecule has 2 aromatic rings. The SMILES string of the molecule is Cc1nc2ccc(O)cc2cc1C(=O)NCCC(C)(C)CO. The van der Waals surface area contributed by atoms with E-state index >= 15 is 0 Å². The van der Waals surface area contributed by atoms with Crippen LogP contribution in [0.5, 0.6) is 5.75 Å². The number of aromatic nitrogens is 1. The van der Waals surface area contributed by atoms with Crippen molar-refractivity contribution in [1.29, 1.82) is 0 Å². The summed E-state index contributed by atoms with van der Waals surface area (Å²) in [6, 6.07) is 6.63. The van der Waals surface area contributed by atoms with Gasteiger partial charge in [0.25, 0.3) is 5.91 Å². The number of fused-ring (bicyclic) bond motifs is 1. The second-order valence-electron chi connectivity index (χ2n) is 6.33. The Bertz CT molecular complexity index is 696. The normalized spacial score (nSPS) is 11.6. The van der Waals surface area contributed by atoms with Crippen molar-refractivity contribution in [3.63, 3.8) is 0 Å². The van der Waals surface area contributed by atoms with E-state index in [1.165, 1.54) is 0 Å². The van der Waals surface area contributed by atoms with E-state index in [4.69, 9.17) is 0 Å². The number of nitrogens with one attached hydrogen (secondary N) is 1. The summed E-state index contributed by atoms with van der Waals surface area (Å²) in [7, 11) is 0. The lowest BCUT2D eigenvalue weighted by molar-refractivity contribution is 0.0937. The number of hydrogen-bond donors (Lipinski definition) is 3. The maximum absolute atomic E-state index is 12.3. The van der Waals surface area contributed by atoms with Crippen molar-refractivity contribution in [2.45, 2.75) is 27.2 Å². The molecule has 5 heteroatoms. The molecule has 22 heavy (non-hydrogen) atoms. The first-order valence-electron chi connectivity index (χ1n) is 7.32. The topological polar surface area (TPSA) is 82.5 Å². The highest BCUT2D eigenvalue weighted by Crippen LogP contribution is 2.21. The highest BCUT2D eigenvalue weighted by atomic mass is 16.3. The van der Waals surface area contributed by atoms with Crippen molar-refractivity contribution in [2.75, 3.05) is 13.2 Å². The maximum atomic E-state index is 12.3. The number of aliphatic hydroxyl groups excluding tert-OH is 1. The molecule has 1 amide bonds. The minimum absolute atomic E-state index is 0.0820. The Morgan fingerprint density at radius 1 is 1.32 bits per heavy atom. The summed E-state index contributed by atoms with van der Waals surface area (Å²) >= 11 is 0. The Hall–Kier alpha value is -2.14. The Balaban J connectivity index is 2.15. The molecule has 0 saturated heterocycles. The first-order valence-corrected chi connectivity index (χ1v) is 7.32. The molecule has 0 aliphatic rings. The van der Waals surface area contributed by atoms with Crippen LogP contribution >= 0.6 is 0 Å². The second kappa shape index (κ2) is 6.32. The van der Waals surface area contributed by atoms with Gasteiger partial charge in [-0.25, -0.2) is 0 Å². The van der Waals surface area contributed by atoms with Crippen molar-refractivity contribution < 1.29 is 15.0 Å². The van der Waals surface area contributed by atoms with Crippen LogP contribution in [0.15, 0.2) is 24.3 Å². The van der Waals surface area contributed by atoms with Gasteiger partial charge in [0.2, 0.25) is 0 Å². The van der Waals surface area contributed by atoms with Crippen LogP contribution in [0.2, 0.25) is 0 Å². The fourth-order valence-electron chi connectivity index (χ4n) is 2.18. The van der Waals surface area contributed by atoms with Gasteiger partial charge in [-0.15, -0.1) is 0 Å². The zero-order valence-electron chi connectivity index (χ0n) is 13.2. The van der Waals surface area contributed by atoms with Gasteiger partial charge < -0.3 is 15.5 Å². The molecule has 0 fully saturated rings. The standard InChI is InChI=1S/C17H22N2O3/c1-11-14(16(22)18-7-6-17(2,3)10-20)9-12-8-13(21)4-5-15(12)19-11/h4-5,8-9,20-21H,6-7,10H2,1-3H3,(H,18,22). The van der Waals surface area contributed by atoms with Crippen molar-refractivity contribution in [3.8, 4) is 5.75 Å². The van der Waals surface area contributed by atoms with Crippen molar-refractivity contribution >= 4 is 16.8 Å². The molecule has 1 heterocycles. The number of carbonyl (C=O) groups is 1. The van der Waals surface area contributed by atoms with Gasteiger partial charge in [0, 0.05) is 18.5 Å². The molecule has 0 saturated carbocycles. The third-order valence-electron chi connectivity index (χ3n) is 3.75. The van der Waals surface area contributed by atoms with Crippen molar-refractivity contribution in [3.05, 3.63) is 35.5 Å². The lowest BCUT2D eigenvalue weighted by Gasteiger charge is -2.21. The molecule has 0 aliphatic heterocycles. The number of hydrogen-bond acceptors (Lipinski definition) is 4. The van der Waals surface area contributed by atoms with Gasteiger partial charge in [0.05, 0.1) is 16.8 Å². The average Bonchev–Trinajstić information content (AvgIpc) is 2.46. The maximum Gasteiger partial charge on any atom is 0.253 e. The first kappa shape index (κ1) is 16.2. The van der Waals surface area contributed by atoms with E-state index in [1.807, 2.05) is 13.8 Å². The Morgan fingerprint density at radius 3 is 2.73 bits per heavy atom. The summed E-state index contributed by atoms with van der Waals surface area (Å²) in [6.07, 6.45) is 0.691. The second-order valence-corrected chi connectivity index (χ2v) is 6.33. The molecule has 0 bridgehead atoms. The minimum Gasteiger partial charge on any atom is -0.508 e. The Kier molecular flexibility index (Phi) is 4.66. The molecule has 0 atom stereocenters. The lowest BCUT2D eigenvalue weighted by Crippen LogP contribution is -2.30. The van der Waals surface area contributed by atoms with Gasteiger partial charge in [-0.05, 0) is 43.0 Å². The average molecular weight is 302 g/mol. The molecule has 2 rings (SSSR count). The smallest absolute Gasteiger partial charge is 0.253 e. The van der Waals surface area contributed by atoms with E-state index in [2.05, 4.69) is 10.3 Å². The highest BCUT2D eigenvalue weighted by molar-refractivity contribution is 5.98. The van der Waals surface area contributed by atoms with Gasteiger partial charge in [-0.2, -0.15) is 0 Å². The number of aliphatic hydroxyl groups is 1. The van der Waals surface area contributed by atoms with E-state index in [0.29, 0.717) is 24.2 Å². The summed E-state index contributed by atoms with van der Waals surface area (Å²) in [5.74, 6) is -0.0433. The van der Waals surface area contributed by atoms with Gasteiger partial charge in [0.15, 0.2) is 0 Å². The number of pyridine rings is 1. The number of nitrogens with zero attached hydrogens (tertiary/aromatic N) is 1. The molecule has 0 spiro atoms. The van der Waals surface area contributed by atoms with E-state index in [0.717, 1.165) is 10.9 Å². The molecule has 0 radical (unpaired) electrons. The monoisotopic (exact) mass is 302 g/mol. The summed E-state index contributed by atoms with van der Waals surface area (Å²) < 4.78 is 0. The van der Waals surface area contributed by atoms with E-state index in [1.54, 1.807) is 31.2 Å². The van der Waals surface area contributed by atoms with Crippen molar-refractivity contribution in [2.24, 2.45) is 5.41 Å². The minimum atomic E-state index is -0.213. The van der Waals surface area contributed by atoms with Gasteiger partial charge in [-0.3, -0.25) is 9.78 Å². The van der Waals surface area contributed by atoms with Crippen LogP contribution in [-0.4, -0.2) is 34.3 Å². The van der Waals surface area contributed by atoms with Crippen LogP contribution in [-0.2, 0) is 0 Å². The van der Waals surface area contributed by atoms with Crippen LogP contribution in [0.4, 0.5) is 0 Å². The molecule has 0 unspecified atom stereocenters. The number of phenols is 1. The molecule has 1 aromatic heterocycles. The predicted octanol–water partition coefficient (Wildman–Crippen LogP) is 2.39. The zero-order chi connectivity index (χ0) is 16.3. The number of aromatic hydroxyl groups is 1. The van der Waals surface area contributed by atoms with Crippen LogP contribution in [0.1, 0.15) is 36.3 Å². The molecular weight excluding hydrogens is 280 g/mol. The number of amides is 1. The molecule has 0 aliphatic carbocycles. The summed E-state index contributed by atoms with van der Waals surface area (Å²) in [4.78, 5) is 16.7.